The number of aromatic nitrogens is 1. The molecule has 0 bridgehead atoms. The fourth-order valence-electron chi connectivity index (χ4n) is 4.18. The summed E-state index contributed by atoms with van der Waals surface area (Å²) in [5.41, 5.74) is 2.42. The second-order valence-electron chi connectivity index (χ2n) is 7.69. The zero-order valence-electron chi connectivity index (χ0n) is 15.7. The monoisotopic (exact) mass is 413 g/mol. The van der Waals surface area contributed by atoms with Crippen LogP contribution in [0.15, 0.2) is 28.8 Å². The van der Waals surface area contributed by atoms with Gasteiger partial charge in [0.2, 0.25) is 5.91 Å². The van der Waals surface area contributed by atoms with Gasteiger partial charge in [0.05, 0.1) is 23.5 Å². The fourth-order valence-corrected chi connectivity index (χ4v) is 5.29. The van der Waals surface area contributed by atoms with Crippen LogP contribution in [0.4, 0.5) is 4.39 Å². The molecule has 8 heteroatoms. The van der Waals surface area contributed by atoms with Gasteiger partial charge in [-0.2, -0.15) is 0 Å². The molecule has 2 aliphatic rings. The van der Waals surface area contributed by atoms with Gasteiger partial charge in [-0.15, -0.1) is 11.3 Å². The fraction of sp³-hybridized carbons (Fsp3) is 0.381. The van der Waals surface area contributed by atoms with E-state index in [0.717, 1.165) is 52.3 Å². The number of amides is 1. The first-order chi connectivity index (χ1) is 14.1. The van der Waals surface area contributed by atoms with Gasteiger partial charge in [-0.05, 0) is 49.7 Å². The number of halogens is 1. The Labute approximate surface area is 170 Å². The number of Topliss-reactive ketones (excluding diaryl/α,β-unsaturated/α-hetero) is 1. The van der Waals surface area contributed by atoms with E-state index in [9.17, 15) is 14.0 Å². The molecular formula is C21H20FN3O3S. The van der Waals surface area contributed by atoms with Crippen molar-refractivity contribution in [3.05, 3.63) is 51.1 Å². The zero-order valence-corrected chi connectivity index (χ0v) is 16.6. The van der Waals surface area contributed by atoms with Crippen molar-refractivity contribution in [1.29, 1.82) is 0 Å². The third-order valence-electron chi connectivity index (χ3n) is 5.77. The lowest BCUT2D eigenvalue weighted by Crippen LogP contribution is -2.36. The van der Waals surface area contributed by atoms with Crippen LogP contribution < -0.4 is 5.32 Å². The molecule has 29 heavy (non-hydrogen) atoms. The molecule has 1 aromatic carbocycles. The smallest absolute Gasteiger partial charge is 0.225 e. The van der Waals surface area contributed by atoms with Gasteiger partial charge < -0.3 is 9.84 Å². The molecule has 1 amide bonds. The summed E-state index contributed by atoms with van der Waals surface area (Å²) in [5.74, 6) is 0.0457. The predicted octanol–water partition coefficient (Wildman–Crippen LogP) is 3.26. The first-order valence-corrected chi connectivity index (χ1v) is 10.6. The lowest BCUT2D eigenvalue weighted by atomic mass is 9.91. The topological polar surface area (TPSA) is 75.4 Å². The summed E-state index contributed by atoms with van der Waals surface area (Å²) < 4.78 is 18.6. The van der Waals surface area contributed by atoms with Crippen molar-refractivity contribution in [2.45, 2.75) is 31.7 Å². The van der Waals surface area contributed by atoms with Gasteiger partial charge in [-0.1, -0.05) is 5.16 Å². The van der Waals surface area contributed by atoms with Gasteiger partial charge in [0.25, 0.3) is 0 Å². The second kappa shape index (κ2) is 7.35. The Balaban J connectivity index is 1.22. The van der Waals surface area contributed by atoms with Crippen molar-refractivity contribution in [2.24, 2.45) is 0 Å². The van der Waals surface area contributed by atoms with E-state index >= 15 is 0 Å². The van der Waals surface area contributed by atoms with E-state index in [1.807, 2.05) is 6.07 Å². The summed E-state index contributed by atoms with van der Waals surface area (Å²) in [4.78, 5) is 28.2. The summed E-state index contributed by atoms with van der Waals surface area (Å²) in [5, 5.41) is 7.86. The van der Waals surface area contributed by atoms with E-state index < -0.39 is 0 Å². The summed E-state index contributed by atoms with van der Waals surface area (Å²) in [6, 6.07) is 6.45. The van der Waals surface area contributed by atoms with Crippen molar-refractivity contribution in [3.63, 3.8) is 0 Å². The standard InChI is InChI=1S/C21H20FN3O3S/c22-14-1-2-15-17(8-14)28-24-21(15)12-3-5-25(6-4-12)11-16(26)19-7-13-10-23-20(27)9-18(13)29-19/h1-2,7-8,12H,3-6,9-11H2,(H,23,27). The third-order valence-corrected chi connectivity index (χ3v) is 6.99. The molecule has 0 saturated carbocycles. The number of likely N-dealkylation sites (tertiary alicyclic amines) is 1. The molecule has 2 aromatic heterocycles. The zero-order chi connectivity index (χ0) is 20.0. The van der Waals surface area contributed by atoms with E-state index in [-0.39, 0.29) is 23.4 Å². The molecule has 150 valence electrons. The average Bonchev–Trinajstić information content (AvgIpc) is 3.32. The molecule has 2 aliphatic heterocycles. The minimum absolute atomic E-state index is 0.0172. The Bertz CT molecular complexity index is 1100. The predicted molar refractivity (Wildman–Crippen MR) is 107 cm³/mol. The Morgan fingerprint density at radius 2 is 2.14 bits per heavy atom. The summed E-state index contributed by atoms with van der Waals surface area (Å²) in [7, 11) is 0. The molecule has 1 saturated heterocycles. The van der Waals surface area contributed by atoms with Crippen molar-refractivity contribution in [2.75, 3.05) is 19.6 Å². The highest BCUT2D eigenvalue weighted by molar-refractivity contribution is 7.14. The van der Waals surface area contributed by atoms with Gasteiger partial charge in [-0.25, -0.2) is 4.39 Å². The van der Waals surface area contributed by atoms with Crippen LogP contribution >= 0.6 is 11.3 Å². The molecule has 1 N–H and O–H groups in total. The molecule has 1 fully saturated rings. The highest BCUT2D eigenvalue weighted by atomic mass is 32.1. The van der Waals surface area contributed by atoms with Gasteiger partial charge in [-0.3, -0.25) is 14.5 Å². The number of hydrogen-bond acceptors (Lipinski definition) is 6. The van der Waals surface area contributed by atoms with Gasteiger partial charge in [0, 0.05) is 28.8 Å². The van der Waals surface area contributed by atoms with Crippen molar-refractivity contribution in [1.82, 2.24) is 15.4 Å². The number of carbonyl (C=O) groups excluding carboxylic acids is 2. The number of fused-ring (bicyclic) bond motifs is 2. The van der Waals surface area contributed by atoms with Gasteiger partial charge >= 0.3 is 0 Å². The van der Waals surface area contributed by atoms with E-state index in [1.165, 1.54) is 23.5 Å². The van der Waals surface area contributed by atoms with Crippen molar-refractivity contribution >= 4 is 34.0 Å². The van der Waals surface area contributed by atoms with Crippen LogP contribution in [0.3, 0.4) is 0 Å². The minimum Gasteiger partial charge on any atom is -0.356 e. The van der Waals surface area contributed by atoms with E-state index in [1.54, 1.807) is 6.07 Å². The van der Waals surface area contributed by atoms with Crippen molar-refractivity contribution in [3.8, 4) is 0 Å². The molecule has 0 atom stereocenters. The lowest BCUT2D eigenvalue weighted by molar-refractivity contribution is -0.120. The molecule has 4 heterocycles. The molecule has 6 nitrogen and oxygen atoms in total. The number of nitrogens with zero attached hydrogens (tertiary/aromatic N) is 2. The summed E-state index contributed by atoms with van der Waals surface area (Å²) in [6.45, 7) is 2.51. The van der Waals surface area contributed by atoms with E-state index in [2.05, 4.69) is 15.4 Å². The molecular weight excluding hydrogens is 393 g/mol. The maximum Gasteiger partial charge on any atom is 0.225 e. The largest absolute Gasteiger partial charge is 0.356 e. The number of rotatable bonds is 4. The Morgan fingerprint density at radius 3 is 2.97 bits per heavy atom. The number of ketones is 1. The normalized spacial score (nSPS) is 18.0. The van der Waals surface area contributed by atoms with Crippen LogP contribution in [0, 0.1) is 5.82 Å². The Kier molecular flexibility index (Phi) is 4.67. The SMILES string of the molecule is O=C1Cc2sc(C(=O)CN3CCC(c4noc5cc(F)ccc45)CC3)cc2CN1. The highest BCUT2D eigenvalue weighted by Gasteiger charge is 2.27. The van der Waals surface area contributed by atoms with Crippen LogP contribution in [0.5, 0.6) is 0 Å². The lowest BCUT2D eigenvalue weighted by Gasteiger charge is -2.30. The number of piperidine rings is 1. The second-order valence-corrected chi connectivity index (χ2v) is 8.83. The summed E-state index contributed by atoms with van der Waals surface area (Å²) >= 11 is 1.45. The third kappa shape index (κ3) is 3.58. The molecule has 3 aromatic rings. The molecule has 0 aliphatic carbocycles. The first-order valence-electron chi connectivity index (χ1n) is 9.75. The van der Waals surface area contributed by atoms with Crippen molar-refractivity contribution < 1.29 is 18.5 Å². The number of benzene rings is 1. The highest BCUT2D eigenvalue weighted by Crippen LogP contribution is 2.33. The first kappa shape index (κ1) is 18.4. The average molecular weight is 413 g/mol. The maximum absolute atomic E-state index is 13.3. The molecule has 0 radical (unpaired) electrons. The summed E-state index contributed by atoms with van der Waals surface area (Å²) in [6.07, 6.45) is 2.13. The molecule has 0 spiro atoms. The number of carbonyl (C=O) groups is 2. The van der Waals surface area contributed by atoms with Gasteiger partial charge in [0.1, 0.15) is 5.82 Å². The van der Waals surface area contributed by atoms with Crippen LogP contribution in [0.2, 0.25) is 0 Å². The number of nitrogens with one attached hydrogen (secondary N) is 1. The molecule has 5 rings (SSSR count). The number of hydrogen-bond donors (Lipinski definition) is 1. The van der Waals surface area contributed by atoms with E-state index in [4.69, 9.17) is 4.52 Å². The number of thiophene rings is 1. The maximum atomic E-state index is 13.3. The van der Waals surface area contributed by atoms with Crippen LogP contribution in [0.1, 0.15) is 44.6 Å². The quantitative estimate of drug-likeness (QED) is 0.665. The van der Waals surface area contributed by atoms with Gasteiger partial charge in [0.15, 0.2) is 11.4 Å². The minimum atomic E-state index is -0.330. The van der Waals surface area contributed by atoms with Crippen LogP contribution in [-0.4, -0.2) is 41.4 Å². The Hall–Kier alpha value is -2.58. The molecule has 0 unspecified atom stereocenters. The van der Waals surface area contributed by atoms with Crippen LogP contribution in [-0.2, 0) is 17.8 Å². The Morgan fingerprint density at radius 1 is 1.31 bits per heavy atom. The van der Waals surface area contributed by atoms with Crippen LogP contribution in [0.25, 0.3) is 11.0 Å². The van der Waals surface area contributed by atoms with E-state index in [0.29, 0.717) is 25.1 Å².